The third-order valence-electron chi connectivity index (χ3n) is 4.83. The number of H-pyrrole nitrogens is 1. The smallest absolute Gasteiger partial charge is 0.166 e. The second-order valence-corrected chi connectivity index (χ2v) is 6.49. The summed E-state index contributed by atoms with van der Waals surface area (Å²) in [5, 5.41) is 11.6. The molecule has 0 saturated carbocycles. The largest absolute Gasteiger partial charge is 0.386 e. The number of aromatic nitrogens is 1. The molecular formula is C17H20N2O3. The number of aromatic amines is 1. The first kappa shape index (κ1) is 13.9. The van der Waals surface area contributed by atoms with Gasteiger partial charge in [-0.1, -0.05) is 6.07 Å². The summed E-state index contributed by atoms with van der Waals surface area (Å²) < 4.78 is 5.33. The molecule has 1 saturated heterocycles. The Kier molecular flexibility index (Phi) is 3.29. The summed E-state index contributed by atoms with van der Waals surface area (Å²) >= 11 is 0. The maximum Gasteiger partial charge on any atom is 0.166 e. The number of β-amino-alcohol motifs (C(OH)–C–C–N with tert-alkyl or cyclic N) is 1. The molecule has 2 aromatic rings. The molecule has 4 rings (SSSR count). The number of carbonyl (C=O) groups excluding carboxylic acids is 1. The number of aldehydes is 1. The summed E-state index contributed by atoms with van der Waals surface area (Å²) in [7, 11) is 0. The number of ether oxygens (including phenoxy) is 1. The van der Waals surface area contributed by atoms with Crippen molar-refractivity contribution in [2.24, 2.45) is 0 Å². The zero-order chi connectivity index (χ0) is 15.2. The normalized spacial score (nSPS) is 25.5. The van der Waals surface area contributed by atoms with Gasteiger partial charge < -0.3 is 14.8 Å². The van der Waals surface area contributed by atoms with Crippen LogP contribution in [0.15, 0.2) is 18.2 Å². The fourth-order valence-electron chi connectivity index (χ4n) is 3.70. The van der Waals surface area contributed by atoms with E-state index in [0.29, 0.717) is 25.5 Å². The van der Waals surface area contributed by atoms with Crippen molar-refractivity contribution < 1.29 is 14.6 Å². The van der Waals surface area contributed by atoms with Gasteiger partial charge in [0.1, 0.15) is 5.60 Å². The van der Waals surface area contributed by atoms with Crippen LogP contribution >= 0.6 is 0 Å². The van der Waals surface area contributed by atoms with E-state index in [-0.39, 0.29) is 0 Å². The molecule has 1 fully saturated rings. The lowest BCUT2D eigenvalue weighted by Crippen LogP contribution is -2.45. The second kappa shape index (κ2) is 5.19. The lowest BCUT2D eigenvalue weighted by atomic mass is 9.94. The van der Waals surface area contributed by atoms with Gasteiger partial charge in [-0.3, -0.25) is 9.69 Å². The molecule has 2 aliphatic rings. The molecule has 1 unspecified atom stereocenters. The van der Waals surface area contributed by atoms with Crippen molar-refractivity contribution in [2.75, 3.05) is 26.3 Å². The Bertz CT molecular complexity index is 716. The van der Waals surface area contributed by atoms with E-state index in [1.54, 1.807) is 0 Å². The maximum absolute atomic E-state index is 10.9. The van der Waals surface area contributed by atoms with E-state index in [1.165, 1.54) is 11.1 Å². The minimum absolute atomic E-state index is 0.440. The number of nitrogens with zero attached hydrogens (tertiary/aromatic N) is 1. The van der Waals surface area contributed by atoms with E-state index in [1.807, 2.05) is 12.1 Å². The average Bonchev–Trinajstić information content (AvgIpc) is 3.13. The Morgan fingerprint density at radius 2 is 2.36 bits per heavy atom. The number of aliphatic hydroxyl groups is 1. The van der Waals surface area contributed by atoms with Crippen LogP contribution in [0.3, 0.4) is 0 Å². The first-order valence-electron chi connectivity index (χ1n) is 7.78. The van der Waals surface area contributed by atoms with Crippen LogP contribution in [-0.2, 0) is 17.7 Å². The molecule has 1 aromatic heterocycles. The van der Waals surface area contributed by atoms with Crippen molar-refractivity contribution in [3.8, 4) is 0 Å². The van der Waals surface area contributed by atoms with Gasteiger partial charge in [-0.15, -0.1) is 0 Å². The quantitative estimate of drug-likeness (QED) is 0.843. The number of rotatable bonds is 3. The highest BCUT2D eigenvalue weighted by molar-refractivity contribution is 5.91. The molecule has 22 heavy (non-hydrogen) atoms. The van der Waals surface area contributed by atoms with Gasteiger partial charge >= 0.3 is 0 Å². The van der Waals surface area contributed by atoms with Gasteiger partial charge in [0.15, 0.2) is 6.29 Å². The van der Waals surface area contributed by atoms with Gasteiger partial charge in [0.05, 0.1) is 12.3 Å². The summed E-state index contributed by atoms with van der Waals surface area (Å²) in [5.74, 6) is 0. The highest BCUT2D eigenvalue weighted by atomic mass is 16.5. The molecular weight excluding hydrogens is 280 g/mol. The molecule has 3 heterocycles. The highest BCUT2D eigenvalue weighted by Crippen LogP contribution is 2.29. The summed E-state index contributed by atoms with van der Waals surface area (Å²) in [4.78, 5) is 16.4. The van der Waals surface area contributed by atoms with Crippen molar-refractivity contribution in [1.29, 1.82) is 0 Å². The minimum atomic E-state index is -0.694. The standard InChI is InChI=1S/C17H20N2O3/c20-9-13-7-15-14-3-5-19(10-17(21)4-6-22-11-17)8-12(14)1-2-16(15)18-13/h1-2,7,9,18,21H,3-6,8,10-11H2. The first-order chi connectivity index (χ1) is 10.7. The molecule has 0 spiro atoms. The number of fused-ring (bicyclic) bond motifs is 3. The molecule has 1 aromatic carbocycles. The molecule has 116 valence electrons. The van der Waals surface area contributed by atoms with Crippen LogP contribution in [0.1, 0.15) is 28.0 Å². The van der Waals surface area contributed by atoms with Gasteiger partial charge in [0.2, 0.25) is 0 Å². The second-order valence-electron chi connectivity index (χ2n) is 6.49. The summed E-state index contributed by atoms with van der Waals surface area (Å²) in [5.41, 5.74) is 3.58. The van der Waals surface area contributed by atoms with Crippen molar-refractivity contribution in [3.63, 3.8) is 0 Å². The summed E-state index contributed by atoms with van der Waals surface area (Å²) in [6.45, 7) is 3.53. The van der Waals surface area contributed by atoms with Crippen LogP contribution in [0.2, 0.25) is 0 Å². The lowest BCUT2D eigenvalue weighted by Gasteiger charge is -2.34. The van der Waals surface area contributed by atoms with Crippen molar-refractivity contribution in [1.82, 2.24) is 9.88 Å². The topological polar surface area (TPSA) is 65.6 Å². The van der Waals surface area contributed by atoms with Gasteiger partial charge in [-0.25, -0.2) is 0 Å². The molecule has 1 atom stereocenters. The number of nitrogens with one attached hydrogen (secondary N) is 1. The van der Waals surface area contributed by atoms with Crippen molar-refractivity contribution in [2.45, 2.75) is 25.0 Å². The molecule has 5 nitrogen and oxygen atoms in total. The van der Waals surface area contributed by atoms with E-state index in [9.17, 15) is 9.90 Å². The van der Waals surface area contributed by atoms with Crippen LogP contribution in [0.25, 0.3) is 10.9 Å². The van der Waals surface area contributed by atoms with Crippen molar-refractivity contribution >= 4 is 17.2 Å². The molecule has 0 aliphatic carbocycles. The maximum atomic E-state index is 10.9. The number of benzene rings is 1. The third kappa shape index (κ3) is 2.35. The Morgan fingerprint density at radius 1 is 1.45 bits per heavy atom. The molecule has 5 heteroatoms. The molecule has 0 radical (unpaired) electrons. The average molecular weight is 300 g/mol. The van der Waals surface area contributed by atoms with E-state index >= 15 is 0 Å². The first-order valence-corrected chi connectivity index (χ1v) is 7.78. The fraction of sp³-hybridized carbons (Fsp3) is 0.471. The van der Waals surface area contributed by atoms with Crippen LogP contribution in [0.4, 0.5) is 0 Å². The fourth-order valence-corrected chi connectivity index (χ4v) is 3.70. The Hall–Kier alpha value is -1.69. The molecule has 2 N–H and O–H groups in total. The van der Waals surface area contributed by atoms with Crippen molar-refractivity contribution in [3.05, 3.63) is 35.0 Å². The predicted octanol–water partition coefficient (Wildman–Crippen LogP) is 1.49. The lowest BCUT2D eigenvalue weighted by molar-refractivity contribution is -0.00761. The van der Waals surface area contributed by atoms with E-state index in [4.69, 9.17) is 4.74 Å². The highest BCUT2D eigenvalue weighted by Gasteiger charge is 2.35. The van der Waals surface area contributed by atoms with Gasteiger partial charge in [0, 0.05) is 43.6 Å². The van der Waals surface area contributed by atoms with Gasteiger partial charge in [-0.2, -0.15) is 0 Å². The summed E-state index contributed by atoms with van der Waals surface area (Å²) in [6.07, 6.45) is 2.52. The number of carbonyl (C=O) groups is 1. The monoisotopic (exact) mass is 300 g/mol. The molecule has 2 aliphatic heterocycles. The number of hydrogen-bond donors (Lipinski definition) is 2. The zero-order valence-corrected chi connectivity index (χ0v) is 12.5. The van der Waals surface area contributed by atoms with E-state index < -0.39 is 5.60 Å². The zero-order valence-electron chi connectivity index (χ0n) is 12.5. The Balaban J connectivity index is 1.59. The SMILES string of the molecule is O=Cc1cc2c3c(ccc2[nH]1)CN(CC1(O)CCOC1)CC3. The minimum Gasteiger partial charge on any atom is -0.386 e. The predicted molar refractivity (Wildman–Crippen MR) is 83.1 cm³/mol. The summed E-state index contributed by atoms with van der Waals surface area (Å²) in [6, 6.07) is 6.11. The molecule has 0 bridgehead atoms. The van der Waals surface area contributed by atoms with Crippen LogP contribution in [0, 0.1) is 0 Å². The van der Waals surface area contributed by atoms with Gasteiger partial charge in [-0.05, 0) is 29.7 Å². The van der Waals surface area contributed by atoms with Crippen LogP contribution in [0.5, 0.6) is 0 Å². The number of hydrogen-bond acceptors (Lipinski definition) is 4. The van der Waals surface area contributed by atoms with Crippen LogP contribution < -0.4 is 0 Å². The third-order valence-corrected chi connectivity index (χ3v) is 4.83. The Labute approximate surface area is 128 Å². The van der Waals surface area contributed by atoms with Gasteiger partial charge in [0.25, 0.3) is 0 Å². The van der Waals surface area contributed by atoms with Crippen LogP contribution in [-0.4, -0.2) is 53.2 Å². The van der Waals surface area contributed by atoms with E-state index in [0.717, 1.165) is 43.1 Å². The Morgan fingerprint density at radius 3 is 3.14 bits per heavy atom. The van der Waals surface area contributed by atoms with E-state index in [2.05, 4.69) is 16.0 Å². The molecule has 0 amide bonds.